The number of ether oxygens (including phenoxy) is 2. The van der Waals surface area contributed by atoms with Gasteiger partial charge in [-0.2, -0.15) is 8.78 Å². The first-order chi connectivity index (χ1) is 13.0. The number of hydrogen-bond acceptors (Lipinski definition) is 4. The minimum atomic E-state index is -2.90. The van der Waals surface area contributed by atoms with Crippen LogP contribution >= 0.6 is 35.6 Å². The average Bonchev–Trinajstić information content (AvgIpc) is 2.66. The van der Waals surface area contributed by atoms with Crippen molar-refractivity contribution in [2.45, 2.75) is 19.6 Å². The number of rotatable bonds is 8. The molecule has 28 heavy (non-hydrogen) atoms. The van der Waals surface area contributed by atoms with Crippen molar-refractivity contribution >= 4 is 41.5 Å². The summed E-state index contributed by atoms with van der Waals surface area (Å²) < 4.78 is 34.8. The van der Waals surface area contributed by atoms with Gasteiger partial charge in [0.05, 0.1) is 7.11 Å². The maximum Gasteiger partial charge on any atom is 0.387 e. The van der Waals surface area contributed by atoms with Gasteiger partial charge in [-0.1, -0.05) is 17.7 Å². The quantitative estimate of drug-likeness (QED) is 0.237. The number of alkyl halides is 2. The molecule has 0 aliphatic carbocycles. The second kappa shape index (κ2) is 12.6. The van der Waals surface area contributed by atoms with Crippen molar-refractivity contribution in [3.8, 4) is 11.5 Å². The van der Waals surface area contributed by atoms with Crippen molar-refractivity contribution in [2.75, 3.05) is 20.7 Å². The molecule has 0 bridgehead atoms. The molecule has 154 valence electrons. The van der Waals surface area contributed by atoms with Crippen LogP contribution in [0, 0.1) is 0 Å². The third-order valence-electron chi connectivity index (χ3n) is 3.65. The number of hydrogen-bond donors (Lipinski definition) is 2. The van der Waals surface area contributed by atoms with Crippen LogP contribution in [0.3, 0.4) is 0 Å². The van der Waals surface area contributed by atoms with Gasteiger partial charge in [-0.3, -0.25) is 4.99 Å². The summed E-state index contributed by atoms with van der Waals surface area (Å²) in [5.74, 6) is 1.16. The van der Waals surface area contributed by atoms with E-state index >= 15 is 0 Å². The highest BCUT2D eigenvalue weighted by Crippen LogP contribution is 2.25. The van der Waals surface area contributed by atoms with E-state index in [0.717, 1.165) is 12.0 Å². The third kappa shape index (κ3) is 8.01. The summed E-state index contributed by atoms with van der Waals surface area (Å²) in [5.41, 5.74) is 1.56. The molecule has 0 unspecified atom stereocenters. The van der Waals surface area contributed by atoms with Gasteiger partial charge in [0.2, 0.25) is 0 Å². The highest BCUT2D eigenvalue weighted by atomic mass is 127. The normalized spacial score (nSPS) is 11.0. The van der Waals surface area contributed by atoms with Crippen molar-refractivity contribution < 1.29 is 18.3 Å². The number of pyridine rings is 1. The van der Waals surface area contributed by atoms with E-state index in [2.05, 4.69) is 25.3 Å². The molecule has 0 radical (unpaired) electrons. The smallest absolute Gasteiger partial charge is 0.387 e. The Bertz CT molecular complexity index is 764. The van der Waals surface area contributed by atoms with Crippen LogP contribution in [0.4, 0.5) is 8.78 Å². The number of nitrogens with one attached hydrogen (secondary N) is 2. The van der Waals surface area contributed by atoms with E-state index in [-0.39, 0.29) is 36.3 Å². The SMILES string of the molecule is CN=C(NCCc1ccc(Cl)nc1)NCc1cc(OC)ccc1OC(F)F.I. The Morgan fingerprint density at radius 1 is 1.25 bits per heavy atom. The van der Waals surface area contributed by atoms with Crippen molar-refractivity contribution in [3.05, 3.63) is 52.8 Å². The van der Waals surface area contributed by atoms with Gasteiger partial charge in [-0.15, -0.1) is 24.0 Å². The molecule has 0 fully saturated rings. The largest absolute Gasteiger partial charge is 0.497 e. The van der Waals surface area contributed by atoms with Crippen molar-refractivity contribution in [1.29, 1.82) is 0 Å². The summed E-state index contributed by atoms with van der Waals surface area (Å²) >= 11 is 5.76. The van der Waals surface area contributed by atoms with Crippen LogP contribution < -0.4 is 20.1 Å². The number of benzene rings is 1. The first-order valence-electron chi connectivity index (χ1n) is 8.18. The Balaban J connectivity index is 0.00000392. The fourth-order valence-corrected chi connectivity index (χ4v) is 2.42. The predicted molar refractivity (Wildman–Crippen MR) is 116 cm³/mol. The molecule has 10 heteroatoms. The van der Waals surface area contributed by atoms with Gasteiger partial charge < -0.3 is 20.1 Å². The number of halogens is 4. The fourth-order valence-electron chi connectivity index (χ4n) is 2.31. The number of nitrogens with zero attached hydrogens (tertiary/aromatic N) is 2. The first kappa shape index (κ1) is 24.2. The highest BCUT2D eigenvalue weighted by molar-refractivity contribution is 14.0. The molecule has 0 aliphatic heterocycles. The molecule has 2 aromatic rings. The molecule has 1 heterocycles. The monoisotopic (exact) mass is 526 g/mol. The lowest BCUT2D eigenvalue weighted by molar-refractivity contribution is -0.0504. The zero-order valence-corrected chi connectivity index (χ0v) is 18.5. The van der Waals surface area contributed by atoms with Crippen LogP contribution in [0.15, 0.2) is 41.5 Å². The van der Waals surface area contributed by atoms with Crippen LogP contribution in [0.1, 0.15) is 11.1 Å². The van der Waals surface area contributed by atoms with E-state index in [9.17, 15) is 8.78 Å². The summed E-state index contributed by atoms with van der Waals surface area (Å²) in [7, 11) is 3.13. The standard InChI is InChI=1S/C18H21ClF2N4O2.HI/c1-22-18(23-8-7-12-3-6-16(19)24-10-12)25-11-13-9-14(26-2)4-5-15(13)27-17(20)21;/h3-6,9-10,17H,7-8,11H2,1-2H3,(H2,22,23,25);1H. The number of aromatic nitrogens is 1. The van der Waals surface area contributed by atoms with E-state index in [4.69, 9.17) is 16.3 Å². The molecule has 1 aromatic carbocycles. The lowest BCUT2D eigenvalue weighted by Gasteiger charge is -2.15. The van der Waals surface area contributed by atoms with Crippen LogP contribution in [0.2, 0.25) is 5.15 Å². The lowest BCUT2D eigenvalue weighted by atomic mass is 10.2. The average molecular weight is 527 g/mol. The summed E-state index contributed by atoms with van der Waals surface area (Å²) in [6, 6.07) is 8.28. The van der Waals surface area contributed by atoms with Gasteiger partial charge in [0, 0.05) is 31.9 Å². The van der Waals surface area contributed by atoms with E-state index < -0.39 is 6.61 Å². The molecule has 2 rings (SSSR count). The van der Waals surface area contributed by atoms with Gasteiger partial charge >= 0.3 is 6.61 Å². The molecule has 0 atom stereocenters. The molecule has 0 saturated carbocycles. The Kier molecular flexibility index (Phi) is 10.8. The van der Waals surface area contributed by atoms with Gasteiger partial charge in [0.1, 0.15) is 16.7 Å². The molecule has 6 nitrogen and oxygen atoms in total. The van der Waals surface area contributed by atoms with Gasteiger partial charge in [0.15, 0.2) is 5.96 Å². The molecule has 2 N–H and O–H groups in total. The molecule has 0 spiro atoms. The van der Waals surface area contributed by atoms with Crippen molar-refractivity contribution in [1.82, 2.24) is 15.6 Å². The molecule has 0 aliphatic rings. The van der Waals surface area contributed by atoms with E-state index in [1.165, 1.54) is 13.2 Å². The Hall–Kier alpha value is -1.88. The van der Waals surface area contributed by atoms with Crippen LogP contribution in [0.25, 0.3) is 0 Å². The zero-order chi connectivity index (χ0) is 19.6. The van der Waals surface area contributed by atoms with E-state index in [1.54, 1.807) is 31.4 Å². The van der Waals surface area contributed by atoms with Crippen molar-refractivity contribution in [3.63, 3.8) is 0 Å². The van der Waals surface area contributed by atoms with E-state index in [1.807, 2.05) is 6.07 Å². The molecule has 0 amide bonds. The van der Waals surface area contributed by atoms with Crippen molar-refractivity contribution in [2.24, 2.45) is 4.99 Å². The lowest BCUT2D eigenvalue weighted by Crippen LogP contribution is -2.38. The molecular formula is C18H22ClF2IN4O2. The minimum Gasteiger partial charge on any atom is -0.497 e. The Morgan fingerprint density at radius 3 is 2.64 bits per heavy atom. The molecule has 1 aromatic heterocycles. The number of aliphatic imine (C=N–C) groups is 1. The second-order valence-electron chi connectivity index (χ2n) is 5.44. The van der Waals surface area contributed by atoms with Crippen LogP contribution in [0.5, 0.6) is 11.5 Å². The first-order valence-corrected chi connectivity index (χ1v) is 8.56. The van der Waals surface area contributed by atoms with Gasteiger partial charge in [0.25, 0.3) is 0 Å². The van der Waals surface area contributed by atoms with Gasteiger partial charge in [-0.05, 0) is 36.2 Å². The maximum atomic E-state index is 12.6. The third-order valence-corrected chi connectivity index (χ3v) is 3.87. The Labute approximate surface area is 184 Å². The van der Waals surface area contributed by atoms with Crippen LogP contribution in [-0.2, 0) is 13.0 Å². The minimum absolute atomic E-state index is 0. The maximum absolute atomic E-state index is 12.6. The number of guanidine groups is 1. The molecule has 0 saturated heterocycles. The van der Waals surface area contributed by atoms with E-state index in [0.29, 0.717) is 29.0 Å². The van der Waals surface area contributed by atoms with Crippen LogP contribution in [-0.4, -0.2) is 38.3 Å². The summed E-state index contributed by atoms with van der Waals surface area (Å²) in [6.45, 7) is -2.05. The predicted octanol–water partition coefficient (Wildman–Crippen LogP) is 3.87. The summed E-state index contributed by atoms with van der Waals surface area (Å²) in [6.07, 6.45) is 2.44. The number of methoxy groups -OCH3 is 1. The summed E-state index contributed by atoms with van der Waals surface area (Å²) in [5, 5.41) is 6.67. The summed E-state index contributed by atoms with van der Waals surface area (Å²) in [4.78, 5) is 8.15. The Morgan fingerprint density at radius 2 is 2.04 bits per heavy atom. The topological polar surface area (TPSA) is 67.8 Å². The zero-order valence-electron chi connectivity index (χ0n) is 15.4. The highest BCUT2D eigenvalue weighted by Gasteiger charge is 2.11. The van der Waals surface area contributed by atoms with Gasteiger partial charge in [-0.25, -0.2) is 4.98 Å². The fraction of sp³-hybridized carbons (Fsp3) is 0.333. The second-order valence-corrected chi connectivity index (χ2v) is 5.83. The molecular weight excluding hydrogens is 505 g/mol.